The molecule has 0 fully saturated rings. The summed E-state index contributed by atoms with van der Waals surface area (Å²) in [5.74, 6) is 1.04. The van der Waals surface area contributed by atoms with Crippen LogP contribution in [0.4, 0.5) is 11.5 Å². The molecule has 2 aromatic rings. The molecule has 23 heavy (non-hydrogen) atoms. The van der Waals surface area contributed by atoms with Gasteiger partial charge in [-0.15, -0.1) is 0 Å². The van der Waals surface area contributed by atoms with Gasteiger partial charge in [-0.05, 0) is 44.4 Å². The van der Waals surface area contributed by atoms with Crippen LogP contribution in [-0.2, 0) is 0 Å². The van der Waals surface area contributed by atoms with Crippen molar-refractivity contribution in [3.63, 3.8) is 0 Å². The van der Waals surface area contributed by atoms with Crippen molar-refractivity contribution < 1.29 is 4.79 Å². The van der Waals surface area contributed by atoms with Gasteiger partial charge >= 0.3 is 0 Å². The summed E-state index contributed by atoms with van der Waals surface area (Å²) in [6.07, 6.45) is 2.01. The van der Waals surface area contributed by atoms with Crippen LogP contribution in [0.15, 0.2) is 24.3 Å². The van der Waals surface area contributed by atoms with E-state index < -0.39 is 0 Å². The van der Waals surface area contributed by atoms with Crippen LogP contribution in [0.1, 0.15) is 47.2 Å². The van der Waals surface area contributed by atoms with Crippen molar-refractivity contribution in [3.05, 3.63) is 46.9 Å². The molecule has 0 unspecified atom stereocenters. The Hall–Kier alpha value is -2.43. The van der Waals surface area contributed by atoms with Gasteiger partial charge in [-0.25, -0.2) is 9.97 Å². The van der Waals surface area contributed by atoms with Gasteiger partial charge in [0.15, 0.2) is 0 Å². The van der Waals surface area contributed by atoms with Crippen LogP contribution in [0.25, 0.3) is 0 Å². The number of anilines is 2. The highest BCUT2D eigenvalue weighted by Crippen LogP contribution is 2.21. The molecule has 0 spiro atoms. The number of nitrogens with zero attached hydrogens (tertiary/aromatic N) is 2. The second-order valence-electron chi connectivity index (χ2n) is 5.74. The molecule has 0 aliphatic heterocycles. The summed E-state index contributed by atoms with van der Waals surface area (Å²) < 4.78 is 0. The van der Waals surface area contributed by atoms with Gasteiger partial charge < -0.3 is 10.6 Å². The molecule has 0 atom stereocenters. The van der Waals surface area contributed by atoms with Crippen LogP contribution < -0.4 is 10.6 Å². The molecule has 1 aromatic carbocycles. The highest BCUT2D eigenvalue weighted by Gasteiger charge is 2.10. The SMILES string of the molecule is CCCCNC(=O)c1cc(Nc2cc(C)ccc2C)nc(C)n1. The van der Waals surface area contributed by atoms with Crippen LogP contribution in [0.2, 0.25) is 0 Å². The Morgan fingerprint density at radius 3 is 2.65 bits per heavy atom. The summed E-state index contributed by atoms with van der Waals surface area (Å²) in [5, 5.41) is 6.17. The molecular weight excluding hydrogens is 288 g/mol. The number of hydrogen-bond acceptors (Lipinski definition) is 4. The number of carbonyl (C=O) groups excluding carboxylic acids is 1. The lowest BCUT2D eigenvalue weighted by molar-refractivity contribution is 0.0948. The summed E-state index contributed by atoms with van der Waals surface area (Å²) in [7, 11) is 0. The molecule has 5 nitrogen and oxygen atoms in total. The zero-order chi connectivity index (χ0) is 16.8. The highest BCUT2D eigenvalue weighted by molar-refractivity contribution is 5.93. The van der Waals surface area contributed by atoms with Gasteiger partial charge in [-0.3, -0.25) is 4.79 Å². The molecule has 0 bridgehead atoms. The van der Waals surface area contributed by atoms with E-state index >= 15 is 0 Å². The third kappa shape index (κ3) is 4.77. The molecule has 1 heterocycles. The van der Waals surface area contributed by atoms with E-state index in [9.17, 15) is 4.79 Å². The van der Waals surface area contributed by atoms with Crippen molar-refractivity contribution in [2.24, 2.45) is 0 Å². The Kier molecular flexibility index (Phi) is 5.68. The average molecular weight is 312 g/mol. The first-order valence-electron chi connectivity index (χ1n) is 7.97. The maximum Gasteiger partial charge on any atom is 0.270 e. The third-order valence-corrected chi connectivity index (χ3v) is 3.54. The monoisotopic (exact) mass is 312 g/mol. The van der Waals surface area contributed by atoms with E-state index in [1.54, 1.807) is 13.0 Å². The van der Waals surface area contributed by atoms with Crippen LogP contribution in [0.5, 0.6) is 0 Å². The van der Waals surface area contributed by atoms with Gasteiger partial charge in [0, 0.05) is 18.3 Å². The molecule has 2 N–H and O–H groups in total. The maximum absolute atomic E-state index is 12.2. The molecule has 0 radical (unpaired) electrons. The molecule has 1 aromatic heterocycles. The minimum Gasteiger partial charge on any atom is -0.351 e. The first kappa shape index (κ1) is 16.9. The van der Waals surface area contributed by atoms with Crippen LogP contribution in [-0.4, -0.2) is 22.4 Å². The summed E-state index contributed by atoms with van der Waals surface area (Å²) >= 11 is 0. The van der Waals surface area contributed by atoms with Crippen molar-refractivity contribution in [2.75, 3.05) is 11.9 Å². The second kappa shape index (κ2) is 7.72. The predicted octanol–water partition coefficient (Wildman–Crippen LogP) is 3.68. The fourth-order valence-corrected chi connectivity index (χ4v) is 2.23. The number of aryl methyl sites for hydroxylation is 3. The normalized spacial score (nSPS) is 10.4. The molecule has 0 aliphatic rings. The van der Waals surface area contributed by atoms with Gasteiger partial charge in [0.1, 0.15) is 17.3 Å². The quantitative estimate of drug-likeness (QED) is 0.799. The van der Waals surface area contributed by atoms with E-state index in [4.69, 9.17) is 0 Å². The largest absolute Gasteiger partial charge is 0.351 e. The van der Waals surface area contributed by atoms with E-state index in [1.807, 2.05) is 13.8 Å². The van der Waals surface area contributed by atoms with Gasteiger partial charge in [0.05, 0.1) is 0 Å². The Bertz CT molecular complexity index is 697. The number of carbonyl (C=O) groups is 1. The molecule has 0 saturated carbocycles. The van der Waals surface area contributed by atoms with E-state index in [1.165, 1.54) is 5.56 Å². The minimum absolute atomic E-state index is 0.159. The van der Waals surface area contributed by atoms with Crippen molar-refractivity contribution in [2.45, 2.75) is 40.5 Å². The molecule has 2 rings (SSSR count). The zero-order valence-electron chi connectivity index (χ0n) is 14.2. The summed E-state index contributed by atoms with van der Waals surface area (Å²) in [6.45, 7) is 8.62. The number of benzene rings is 1. The van der Waals surface area contributed by atoms with Crippen molar-refractivity contribution >= 4 is 17.4 Å². The Morgan fingerprint density at radius 2 is 1.91 bits per heavy atom. The maximum atomic E-state index is 12.2. The highest BCUT2D eigenvalue weighted by atomic mass is 16.1. The summed E-state index contributed by atoms with van der Waals surface area (Å²) in [6, 6.07) is 7.88. The average Bonchev–Trinajstić information content (AvgIpc) is 2.50. The lowest BCUT2D eigenvalue weighted by Gasteiger charge is -2.11. The minimum atomic E-state index is -0.159. The topological polar surface area (TPSA) is 66.9 Å². The van der Waals surface area contributed by atoms with Crippen LogP contribution in [0.3, 0.4) is 0 Å². The molecule has 0 aliphatic carbocycles. The number of rotatable bonds is 6. The fraction of sp³-hybridized carbons (Fsp3) is 0.389. The Labute approximate surface area is 137 Å². The number of hydrogen-bond donors (Lipinski definition) is 2. The second-order valence-corrected chi connectivity index (χ2v) is 5.74. The fourth-order valence-electron chi connectivity index (χ4n) is 2.23. The summed E-state index contributed by atoms with van der Waals surface area (Å²) in [5.41, 5.74) is 3.67. The van der Waals surface area contributed by atoms with Gasteiger partial charge in [0.25, 0.3) is 5.91 Å². The number of aromatic nitrogens is 2. The molecule has 1 amide bonds. The number of unbranched alkanes of at least 4 members (excludes halogenated alkanes) is 1. The number of amides is 1. The molecular formula is C18H24N4O. The summed E-state index contributed by atoms with van der Waals surface area (Å²) in [4.78, 5) is 20.8. The van der Waals surface area contributed by atoms with Gasteiger partial charge in [0.2, 0.25) is 0 Å². The lowest BCUT2D eigenvalue weighted by Crippen LogP contribution is -2.25. The first-order valence-corrected chi connectivity index (χ1v) is 7.97. The molecule has 122 valence electrons. The number of nitrogens with one attached hydrogen (secondary N) is 2. The van der Waals surface area contributed by atoms with E-state index in [0.29, 0.717) is 23.9 Å². The first-order chi connectivity index (χ1) is 11.0. The van der Waals surface area contributed by atoms with E-state index in [2.05, 4.69) is 45.7 Å². The molecule has 0 saturated heterocycles. The van der Waals surface area contributed by atoms with Crippen molar-refractivity contribution in [1.29, 1.82) is 0 Å². The van der Waals surface area contributed by atoms with Gasteiger partial charge in [-0.2, -0.15) is 0 Å². The van der Waals surface area contributed by atoms with Crippen LogP contribution >= 0.6 is 0 Å². The zero-order valence-corrected chi connectivity index (χ0v) is 14.2. The standard InChI is InChI=1S/C18H24N4O/c1-5-6-9-19-18(23)16-11-17(21-14(4)20-16)22-15-10-12(2)7-8-13(15)3/h7-8,10-11H,5-6,9H2,1-4H3,(H,19,23)(H,20,21,22). The van der Waals surface area contributed by atoms with Gasteiger partial charge in [-0.1, -0.05) is 25.5 Å². The van der Waals surface area contributed by atoms with Crippen LogP contribution in [0, 0.1) is 20.8 Å². The Morgan fingerprint density at radius 1 is 1.13 bits per heavy atom. The smallest absolute Gasteiger partial charge is 0.270 e. The van der Waals surface area contributed by atoms with E-state index in [-0.39, 0.29) is 5.91 Å². The lowest BCUT2D eigenvalue weighted by atomic mass is 10.1. The van der Waals surface area contributed by atoms with Crippen molar-refractivity contribution in [3.8, 4) is 0 Å². The third-order valence-electron chi connectivity index (χ3n) is 3.54. The molecule has 5 heteroatoms. The predicted molar refractivity (Wildman–Crippen MR) is 93.2 cm³/mol. The Balaban J connectivity index is 2.20. The van der Waals surface area contributed by atoms with E-state index in [0.717, 1.165) is 24.1 Å². The van der Waals surface area contributed by atoms with Crippen molar-refractivity contribution in [1.82, 2.24) is 15.3 Å².